The number of aromatic carboxylic acids is 1. The van der Waals surface area contributed by atoms with Gasteiger partial charge in [0.05, 0.1) is 16.8 Å². The average molecular weight is 433 g/mol. The van der Waals surface area contributed by atoms with Gasteiger partial charge in [-0.3, -0.25) is 4.79 Å². The van der Waals surface area contributed by atoms with E-state index >= 15 is 0 Å². The highest BCUT2D eigenvalue weighted by Crippen LogP contribution is 2.33. The molecule has 160 valence electrons. The van der Waals surface area contributed by atoms with Crippen molar-refractivity contribution in [3.8, 4) is 22.4 Å². The zero-order valence-electron chi connectivity index (χ0n) is 16.7. The SMILES string of the molecule is O=C(O)CCc1c(-c2ccc(-c3ccccc3F)cc2)nc2ccc(F)cc2c1C(=O)O. The van der Waals surface area contributed by atoms with Crippen molar-refractivity contribution in [3.63, 3.8) is 0 Å². The molecule has 2 N–H and O–H groups in total. The minimum absolute atomic E-state index is 0.0964. The zero-order valence-corrected chi connectivity index (χ0v) is 16.7. The molecule has 0 aliphatic carbocycles. The predicted octanol–water partition coefficient (Wildman–Crippen LogP) is 5.56. The Labute approximate surface area is 181 Å². The maximum Gasteiger partial charge on any atom is 0.336 e. The number of benzene rings is 3. The number of rotatable bonds is 6. The highest BCUT2D eigenvalue weighted by molar-refractivity contribution is 6.05. The molecular formula is C25H17F2NO4. The van der Waals surface area contributed by atoms with Crippen molar-refractivity contribution in [1.82, 2.24) is 4.98 Å². The summed E-state index contributed by atoms with van der Waals surface area (Å²) in [4.78, 5) is 27.8. The number of halogens is 2. The van der Waals surface area contributed by atoms with Crippen LogP contribution in [0.1, 0.15) is 22.3 Å². The first-order valence-corrected chi connectivity index (χ1v) is 9.77. The molecule has 0 spiro atoms. The van der Waals surface area contributed by atoms with Crippen LogP contribution in [0.4, 0.5) is 8.78 Å². The maximum absolute atomic E-state index is 14.1. The lowest BCUT2D eigenvalue weighted by molar-refractivity contribution is -0.136. The fourth-order valence-corrected chi connectivity index (χ4v) is 3.74. The van der Waals surface area contributed by atoms with Crippen LogP contribution in [0.15, 0.2) is 66.7 Å². The smallest absolute Gasteiger partial charge is 0.336 e. The van der Waals surface area contributed by atoms with Crippen LogP contribution < -0.4 is 0 Å². The number of aliphatic carboxylic acids is 1. The molecule has 3 aromatic carbocycles. The van der Waals surface area contributed by atoms with E-state index < -0.39 is 17.8 Å². The number of carboxylic acids is 2. The fourth-order valence-electron chi connectivity index (χ4n) is 3.74. The Balaban J connectivity index is 1.91. The van der Waals surface area contributed by atoms with Gasteiger partial charge in [-0.25, -0.2) is 18.6 Å². The summed E-state index contributed by atoms with van der Waals surface area (Å²) in [6.45, 7) is 0. The quantitative estimate of drug-likeness (QED) is 0.416. The van der Waals surface area contributed by atoms with Crippen LogP contribution in [0.25, 0.3) is 33.3 Å². The molecule has 0 amide bonds. The number of carboxylic acid groups (broad SMARTS) is 2. The predicted molar refractivity (Wildman–Crippen MR) is 115 cm³/mol. The first-order valence-electron chi connectivity index (χ1n) is 9.77. The summed E-state index contributed by atoms with van der Waals surface area (Å²) >= 11 is 0. The lowest BCUT2D eigenvalue weighted by Gasteiger charge is -2.15. The Morgan fingerprint density at radius 2 is 1.56 bits per heavy atom. The van der Waals surface area contributed by atoms with Gasteiger partial charge in [-0.15, -0.1) is 0 Å². The van der Waals surface area contributed by atoms with Gasteiger partial charge in [-0.2, -0.15) is 0 Å². The molecule has 5 nitrogen and oxygen atoms in total. The first kappa shape index (κ1) is 21.1. The molecule has 32 heavy (non-hydrogen) atoms. The summed E-state index contributed by atoms with van der Waals surface area (Å²) < 4.78 is 28.0. The summed E-state index contributed by atoms with van der Waals surface area (Å²) in [5.41, 5.74) is 2.18. The summed E-state index contributed by atoms with van der Waals surface area (Å²) in [5.74, 6) is -3.39. The van der Waals surface area contributed by atoms with E-state index in [9.17, 15) is 23.5 Å². The second-order valence-electron chi connectivity index (χ2n) is 7.23. The molecule has 0 aliphatic heterocycles. The largest absolute Gasteiger partial charge is 0.481 e. The molecule has 1 aromatic heterocycles. The van der Waals surface area contributed by atoms with Crippen LogP contribution in [0.2, 0.25) is 0 Å². The van der Waals surface area contributed by atoms with Gasteiger partial charge in [0, 0.05) is 22.9 Å². The van der Waals surface area contributed by atoms with Crippen molar-refractivity contribution in [2.75, 3.05) is 0 Å². The number of carbonyl (C=O) groups is 2. The molecule has 1 heterocycles. The molecule has 4 rings (SSSR count). The lowest BCUT2D eigenvalue weighted by Crippen LogP contribution is -2.10. The second kappa shape index (κ2) is 8.55. The van der Waals surface area contributed by atoms with E-state index in [1.54, 1.807) is 42.5 Å². The summed E-state index contributed by atoms with van der Waals surface area (Å²) in [6, 6.07) is 16.7. The third-order valence-corrected chi connectivity index (χ3v) is 5.19. The van der Waals surface area contributed by atoms with Crippen molar-refractivity contribution < 1.29 is 28.6 Å². The van der Waals surface area contributed by atoms with Gasteiger partial charge in [-0.1, -0.05) is 42.5 Å². The van der Waals surface area contributed by atoms with Crippen LogP contribution >= 0.6 is 0 Å². The Bertz CT molecular complexity index is 1350. The molecule has 7 heteroatoms. The minimum Gasteiger partial charge on any atom is -0.481 e. The summed E-state index contributed by atoms with van der Waals surface area (Å²) in [7, 11) is 0. The molecule has 0 unspecified atom stereocenters. The van der Waals surface area contributed by atoms with Gasteiger partial charge in [0.1, 0.15) is 11.6 Å². The topological polar surface area (TPSA) is 87.5 Å². The van der Waals surface area contributed by atoms with E-state index in [4.69, 9.17) is 5.11 Å². The molecule has 0 saturated heterocycles. The molecule has 0 aliphatic rings. The fraction of sp³-hybridized carbons (Fsp3) is 0.0800. The van der Waals surface area contributed by atoms with Crippen LogP contribution in [0, 0.1) is 11.6 Å². The van der Waals surface area contributed by atoms with Crippen LogP contribution in [0.3, 0.4) is 0 Å². The van der Waals surface area contributed by atoms with Gasteiger partial charge >= 0.3 is 11.9 Å². The van der Waals surface area contributed by atoms with E-state index in [1.807, 2.05) is 0 Å². The van der Waals surface area contributed by atoms with Crippen LogP contribution in [0.5, 0.6) is 0 Å². The normalized spacial score (nSPS) is 10.9. The Morgan fingerprint density at radius 3 is 2.22 bits per heavy atom. The standard InChI is InChI=1S/C25H17F2NO4/c26-16-9-11-21-19(13-16)23(25(31)32)18(10-12-22(29)30)24(28-21)15-7-5-14(6-8-15)17-3-1-2-4-20(17)27/h1-9,11,13H,10,12H2,(H,29,30)(H,31,32). The molecule has 0 bridgehead atoms. The number of fused-ring (bicyclic) bond motifs is 1. The third kappa shape index (κ3) is 4.05. The average Bonchev–Trinajstić information content (AvgIpc) is 2.77. The number of aromatic nitrogens is 1. The Morgan fingerprint density at radius 1 is 0.875 bits per heavy atom. The van der Waals surface area contributed by atoms with Crippen molar-refractivity contribution >= 4 is 22.8 Å². The highest BCUT2D eigenvalue weighted by atomic mass is 19.1. The van der Waals surface area contributed by atoms with Gasteiger partial charge in [0.25, 0.3) is 0 Å². The monoisotopic (exact) mass is 433 g/mol. The maximum atomic E-state index is 14.1. The van der Waals surface area contributed by atoms with Gasteiger partial charge < -0.3 is 10.2 Å². The molecule has 0 fully saturated rings. The number of nitrogens with zero attached hydrogens (tertiary/aromatic N) is 1. The summed E-state index contributed by atoms with van der Waals surface area (Å²) in [5, 5.41) is 19.1. The number of hydrogen-bond acceptors (Lipinski definition) is 3. The molecular weight excluding hydrogens is 416 g/mol. The van der Waals surface area contributed by atoms with Crippen LogP contribution in [-0.4, -0.2) is 27.1 Å². The molecule has 4 aromatic rings. The minimum atomic E-state index is -1.30. The van der Waals surface area contributed by atoms with Crippen molar-refractivity contribution in [2.24, 2.45) is 0 Å². The molecule has 0 saturated carbocycles. The van der Waals surface area contributed by atoms with Crippen molar-refractivity contribution in [2.45, 2.75) is 12.8 Å². The van der Waals surface area contributed by atoms with E-state index in [0.717, 1.165) is 6.07 Å². The van der Waals surface area contributed by atoms with E-state index in [1.165, 1.54) is 18.2 Å². The molecule has 0 atom stereocenters. The van der Waals surface area contributed by atoms with E-state index in [-0.39, 0.29) is 40.7 Å². The van der Waals surface area contributed by atoms with Gasteiger partial charge in [-0.05, 0) is 41.8 Å². The third-order valence-electron chi connectivity index (χ3n) is 5.19. The molecule has 0 radical (unpaired) electrons. The van der Waals surface area contributed by atoms with E-state index in [0.29, 0.717) is 22.4 Å². The Kier molecular flexibility index (Phi) is 5.64. The van der Waals surface area contributed by atoms with Crippen molar-refractivity contribution in [3.05, 3.63) is 89.5 Å². The summed E-state index contributed by atoms with van der Waals surface area (Å²) in [6.07, 6.45) is -0.413. The van der Waals surface area contributed by atoms with Crippen molar-refractivity contribution in [1.29, 1.82) is 0 Å². The zero-order chi connectivity index (χ0) is 22.8. The van der Waals surface area contributed by atoms with Crippen LogP contribution in [-0.2, 0) is 11.2 Å². The second-order valence-corrected chi connectivity index (χ2v) is 7.23. The van der Waals surface area contributed by atoms with Gasteiger partial charge in [0.2, 0.25) is 0 Å². The highest BCUT2D eigenvalue weighted by Gasteiger charge is 2.22. The van der Waals surface area contributed by atoms with Gasteiger partial charge in [0.15, 0.2) is 0 Å². The number of hydrogen-bond donors (Lipinski definition) is 2. The number of pyridine rings is 1. The lowest BCUT2D eigenvalue weighted by atomic mass is 9.92. The Hall–Kier alpha value is -4.13. The van der Waals surface area contributed by atoms with E-state index in [2.05, 4.69) is 4.98 Å². The first-order chi connectivity index (χ1) is 15.3.